The highest BCUT2D eigenvalue weighted by atomic mass is 16.5. The molecule has 16 heavy (non-hydrogen) atoms. The maximum absolute atomic E-state index is 5.45. The van der Waals surface area contributed by atoms with Crippen LogP contribution in [0.15, 0.2) is 4.42 Å². The monoisotopic (exact) mass is 228 g/mol. The van der Waals surface area contributed by atoms with Gasteiger partial charge >= 0.3 is 6.01 Å². The molecule has 1 aliphatic rings. The standard InChI is InChI=1S/C9H16N4O3/c1-14-9(2-3-15-6-9)5-11-8-13-12-7(4-10)16-8/h2-6,10H2,1H3,(H,11,13). The quantitative estimate of drug-likeness (QED) is 0.717. The van der Waals surface area contributed by atoms with Crippen molar-refractivity contribution in [1.29, 1.82) is 0 Å². The Kier molecular flexibility index (Phi) is 3.37. The van der Waals surface area contributed by atoms with Crippen molar-refractivity contribution in [3.05, 3.63) is 5.89 Å². The van der Waals surface area contributed by atoms with Crippen LogP contribution in [0.2, 0.25) is 0 Å². The van der Waals surface area contributed by atoms with E-state index in [2.05, 4.69) is 15.5 Å². The molecule has 1 saturated heterocycles. The summed E-state index contributed by atoms with van der Waals surface area (Å²) in [4.78, 5) is 0. The van der Waals surface area contributed by atoms with E-state index in [1.165, 1.54) is 0 Å². The Labute approximate surface area is 93.3 Å². The van der Waals surface area contributed by atoms with Crippen LogP contribution in [0.25, 0.3) is 0 Å². The molecule has 0 aromatic carbocycles. The SMILES string of the molecule is COC1(CNc2nnc(CN)o2)CCOC1. The summed E-state index contributed by atoms with van der Waals surface area (Å²) >= 11 is 0. The second-order valence-electron chi connectivity index (χ2n) is 3.75. The van der Waals surface area contributed by atoms with E-state index in [1.54, 1.807) is 7.11 Å². The zero-order chi connectivity index (χ0) is 11.4. The Balaban J connectivity index is 1.90. The van der Waals surface area contributed by atoms with Gasteiger partial charge in [-0.2, -0.15) is 0 Å². The van der Waals surface area contributed by atoms with Gasteiger partial charge < -0.3 is 24.9 Å². The largest absolute Gasteiger partial charge is 0.407 e. The van der Waals surface area contributed by atoms with Crippen LogP contribution < -0.4 is 11.1 Å². The number of hydrogen-bond donors (Lipinski definition) is 2. The van der Waals surface area contributed by atoms with Crippen molar-refractivity contribution in [2.24, 2.45) is 5.73 Å². The first-order valence-corrected chi connectivity index (χ1v) is 5.17. The van der Waals surface area contributed by atoms with E-state index in [0.29, 0.717) is 31.7 Å². The van der Waals surface area contributed by atoms with Crippen LogP contribution in [0.3, 0.4) is 0 Å². The number of anilines is 1. The number of hydrogen-bond acceptors (Lipinski definition) is 7. The van der Waals surface area contributed by atoms with Crippen LogP contribution >= 0.6 is 0 Å². The zero-order valence-corrected chi connectivity index (χ0v) is 9.23. The molecule has 0 aliphatic carbocycles. The summed E-state index contributed by atoms with van der Waals surface area (Å²) in [5.41, 5.74) is 5.07. The predicted molar refractivity (Wildman–Crippen MR) is 55.9 cm³/mol. The van der Waals surface area contributed by atoms with Crippen molar-refractivity contribution in [2.45, 2.75) is 18.6 Å². The fraction of sp³-hybridized carbons (Fsp3) is 0.778. The van der Waals surface area contributed by atoms with Gasteiger partial charge in [0.1, 0.15) is 5.60 Å². The molecule has 1 atom stereocenters. The molecule has 1 fully saturated rings. The highest BCUT2D eigenvalue weighted by Crippen LogP contribution is 2.22. The van der Waals surface area contributed by atoms with E-state index >= 15 is 0 Å². The lowest BCUT2D eigenvalue weighted by atomic mass is 10.0. The summed E-state index contributed by atoms with van der Waals surface area (Å²) < 4.78 is 16.0. The third kappa shape index (κ3) is 2.31. The number of nitrogens with zero attached hydrogens (tertiary/aromatic N) is 2. The minimum atomic E-state index is -0.294. The van der Waals surface area contributed by atoms with Crippen molar-refractivity contribution >= 4 is 6.01 Å². The van der Waals surface area contributed by atoms with Crippen molar-refractivity contribution in [3.63, 3.8) is 0 Å². The predicted octanol–water partition coefficient (Wildman–Crippen LogP) is -0.254. The number of ether oxygens (including phenoxy) is 2. The van der Waals surface area contributed by atoms with E-state index in [-0.39, 0.29) is 12.1 Å². The summed E-state index contributed by atoms with van der Waals surface area (Å²) in [5, 5.41) is 10.6. The minimum Gasteiger partial charge on any atom is -0.407 e. The van der Waals surface area contributed by atoms with E-state index in [9.17, 15) is 0 Å². The van der Waals surface area contributed by atoms with Gasteiger partial charge in [0.2, 0.25) is 5.89 Å². The van der Waals surface area contributed by atoms with Gasteiger partial charge in [-0.15, -0.1) is 5.10 Å². The molecule has 0 amide bonds. The molecule has 2 heterocycles. The van der Waals surface area contributed by atoms with Gasteiger partial charge in [-0.1, -0.05) is 5.10 Å². The van der Waals surface area contributed by atoms with E-state index < -0.39 is 0 Å². The van der Waals surface area contributed by atoms with Gasteiger partial charge in [-0.3, -0.25) is 0 Å². The third-order valence-corrected chi connectivity index (χ3v) is 2.70. The van der Waals surface area contributed by atoms with Crippen LogP contribution in [0.5, 0.6) is 0 Å². The zero-order valence-electron chi connectivity index (χ0n) is 9.23. The minimum absolute atomic E-state index is 0.243. The molecule has 7 nitrogen and oxygen atoms in total. The van der Waals surface area contributed by atoms with Gasteiger partial charge in [0, 0.05) is 20.1 Å². The first-order valence-electron chi connectivity index (χ1n) is 5.17. The van der Waals surface area contributed by atoms with E-state index in [4.69, 9.17) is 19.6 Å². The Bertz CT molecular complexity index is 335. The maximum Gasteiger partial charge on any atom is 0.315 e. The van der Waals surface area contributed by atoms with E-state index in [1.807, 2.05) is 0 Å². The molecule has 7 heteroatoms. The van der Waals surface area contributed by atoms with Crippen molar-refractivity contribution < 1.29 is 13.9 Å². The summed E-state index contributed by atoms with van der Waals surface area (Å²) in [6.07, 6.45) is 0.856. The van der Waals surface area contributed by atoms with Crippen molar-refractivity contribution in [2.75, 3.05) is 32.2 Å². The van der Waals surface area contributed by atoms with Crippen LogP contribution in [0, 0.1) is 0 Å². The number of nitrogens with two attached hydrogens (primary N) is 1. The van der Waals surface area contributed by atoms with Gasteiger partial charge in [0.25, 0.3) is 0 Å². The Morgan fingerprint density at radius 3 is 3.00 bits per heavy atom. The average Bonchev–Trinajstić information content (AvgIpc) is 2.96. The normalized spacial score (nSPS) is 24.9. The lowest BCUT2D eigenvalue weighted by molar-refractivity contribution is -0.00654. The first kappa shape index (κ1) is 11.3. The number of nitrogens with one attached hydrogen (secondary N) is 1. The van der Waals surface area contributed by atoms with Gasteiger partial charge in [-0.25, -0.2) is 0 Å². The molecule has 3 N–H and O–H groups in total. The highest BCUT2D eigenvalue weighted by Gasteiger charge is 2.35. The molecule has 2 rings (SSSR count). The fourth-order valence-corrected chi connectivity index (χ4v) is 1.61. The van der Waals surface area contributed by atoms with Crippen molar-refractivity contribution in [1.82, 2.24) is 10.2 Å². The maximum atomic E-state index is 5.45. The van der Waals surface area contributed by atoms with Crippen LogP contribution in [-0.4, -0.2) is 42.7 Å². The average molecular weight is 228 g/mol. The van der Waals surface area contributed by atoms with Gasteiger partial charge in [0.05, 0.1) is 19.7 Å². The highest BCUT2D eigenvalue weighted by molar-refractivity contribution is 5.18. The van der Waals surface area contributed by atoms with Crippen LogP contribution in [0.1, 0.15) is 12.3 Å². The summed E-state index contributed by atoms with van der Waals surface area (Å²) in [6.45, 7) is 2.12. The summed E-state index contributed by atoms with van der Waals surface area (Å²) in [6, 6.07) is 0.365. The molecular formula is C9H16N4O3. The number of aromatic nitrogens is 2. The number of methoxy groups -OCH3 is 1. The Morgan fingerprint density at radius 2 is 2.44 bits per heavy atom. The lowest BCUT2D eigenvalue weighted by Gasteiger charge is -2.25. The molecule has 1 aromatic heterocycles. The van der Waals surface area contributed by atoms with Gasteiger partial charge in [-0.05, 0) is 0 Å². The molecule has 1 aliphatic heterocycles. The lowest BCUT2D eigenvalue weighted by Crippen LogP contribution is -2.39. The molecule has 90 valence electrons. The van der Waals surface area contributed by atoms with Crippen LogP contribution in [-0.2, 0) is 16.0 Å². The second-order valence-corrected chi connectivity index (χ2v) is 3.75. The Morgan fingerprint density at radius 1 is 1.56 bits per heavy atom. The summed E-state index contributed by atoms with van der Waals surface area (Å²) in [7, 11) is 1.68. The molecule has 1 aromatic rings. The van der Waals surface area contributed by atoms with Crippen LogP contribution in [0.4, 0.5) is 6.01 Å². The molecular weight excluding hydrogens is 212 g/mol. The molecule has 0 saturated carbocycles. The van der Waals surface area contributed by atoms with Crippen molar-refractivity contribution in [3.8, 4) is 0 Å². The van der Waals surface area contributed by atoms with Gasteiger partial charge in [0.15, 0.2) is 0 Å². The summed E-state index contributed by atoms with van der Waals surface area (Å²) in [5.74, 6) is 0.414. The molecule has 0 spiro atoms. The number of rotatable bonds is 5. The van der Waals surface area contributed by atoms with E-state index in [0.717, 1.165) is 6.42 Å². The smallest absolute Gasteiger partial charge is 0.315 e. The third-order valence-electron chi connectivity index (χ3n) is 2.70. The Hall–Kier alpha value is -1.18. The molecule has 0 radical (unpaired) electrons. The molecule has 0 bridgehead atoms. The molecule has 1 unspecified atom stereocenters. The fourth-order valence-electron chi connectivity index (χ4n) is 1.61. The first-order chi connectivity index (χ1) is 7.78. The topological polar surface area (TPSA) is 95.4 Å². The second kappa shape index (κ2) is 4.77.